The molecule has 1 aromatic carbocycles. The fourth-order valence-corrected chi connectivity index (χ4v) is 3.22. The lowest BCUT2D eigenvalue weighted by Gasteiger charge is -2.25. The highest BCUT2D eigenvalue weighted by Crippen LogP contribution is 2.31. The lowest BCUT2D eigenvalue weighted by molar-refractivity contribution is 0.184. The van der Waals surface area contributed by atoms with Crippen molar-refractivity contribution in [1.29, 1.82) is 0 Å². The van der Waals surface area contributed by atoms with E-state index >= 15 is 0 Å². The van der Waals surface area contributed by atoms with Crippen LogP contribution < -0.4 is 5.32 Å². The fraction of sp³-hybridized carbons (Fsp3) is 0.579. The molecule has 1 N–H and O–H groups in total. The van der Waals surface area contributed by atoms with Gasteiger partial charge in [-0.25, -0.2) is 0 Å². The molecule has 116 valence electrons. The highest BCUT2D eigenvalue weighted by Gasteiger charge is 2.17. The average molecular weight is 287 g/mol. The van der Waals surface area contributed by atoms with Gasteiger partial charge < -0.3 is 10.1 Å². The van der Waals surface area contributed by atoms with E-state index < -0.39 is 0 Å². The molecule has 0 unspecified atom stereocenters. The topological polar surface area (TPSA) is 21.3 Å². The second-order valence-corrected chi connectivity index (χ2v) is 5.97. The van der Waals surface area contributed by atoms with Crippen LogP contribution in [0.2, 0.25) is 0 Å². The van der Waals surface area contributed by atoms with E-state index in [9.17, 15) is 0 Å². The molecule has 1 saturated carbocycles. The third-order valence-electron chi connectivity index (χ3n) is 4.40. The Bertz CT molecular complexity index is 447. The molecular weight excluding hydrogens is 258 g/mol. The van der Waals surface area contributed by atoms with Crippen LogP contribution in [0.1, 0.15) is 50.2 Å². The first-order valence-corrected chi connectivity index (χ1v) is 8.33. The first-order valence-electron chi connectivity index (χ1n) is 8.33. The molecule has 0 atom stereocenters. The van der Waals surface area contributed by atoms with Gasteiger partial charge in [0.2, 0.25) is 0 Å². The van der Waals surface area contributed by atoms with Crippen LogP contribution >= 0.6 is 0 Å². The maximum absolute atomic E-state index is 5.33. The average Bonchev–Trinajstić information content (AvgIpc) is 2.54. The van der Waals surface area contributed by atoms with Crippen molar-refractivity contribution in [3.63, 3.8) is 0 Å². The molecule has 0 bridgehead atoms. The number of benzene rings is 1. The molecule has 2 heteroatoms. The lowest BCUT2D eigenvalue weighted by atomic mass is 9.82. The summed E-state index contributed by atoms with van der Waals surface area (Å²) in [5, 5.41) is 3.52. The van der Waals surface area contributed by atoms with Gasteiger partial charge in [0.25, 0.3) is 0 Å². The zero-order valence-corrected chi connectivity index (χ0v) is 13.5. The van der Waals surface area contributed by atoms with E-state index in [-0.39, 0.29) is 0 Å². The largest absolute Gasteiger partial charge is 0.380 e. The van der Waals surface area contributed by atoms with Gasteiger partial charge in [0.1, 0.15) is 0 Å². The zero-order chi connectivity index (χ0) is 14.9. The van der Waals surface area contributed by atoms with Crippen LogP contribution in [-0.2, 0) is 11.3 Å². The van der Waals surface area contributed by atoms with Gasteiger partial charge in [-0.2, -0.15) is 0 Å². The monoisotopic (exact) mass is 287 g/mol. The molecule has 0 aromatic heterocycles. The normalized spacial score (nSPS) is 17.1. The van der Waals surface area contributed by atoms with Gasteiger partial charge in [-0.15, -0.1) is 0 Å². The van der Waals surface area contributed by atoms with Gasteiger partial charge in [0.15, 0.2) is 0 Å². The molecule has 0 saturated heterocycles. The third-order valence-corrected chi connectivity index (χ3v) is 4.40. The van der Waals surface area contributed by atoms with E-state index in [2.05, 4.69) is 42.6 Å². The SMILES string of the molecule is CCNC/C(=C/c1ccccc1COC)C1CCCCC1. The second kappa shape index (κ2) is 9.01. The summed E-state index contributed by atoms with van der Waals surface area (Å²) in [7, 11) is 1.77. The lowest BCUT2D eigenvalue weighted by Crippen LogP contribution is -2.22. The highest BCUT2D eigenvalue weighted by molar-refractivity contribution is 5.57. The molecule has 2 rings (SSSR count). The maximum Gasteiger partial charge on any atom is 0.0718 e. The van der Waals surface area contributed by atoms with E-state index in [1.165, 1.54) is 43.2 Å². The molecule has 0 spiro atoms. The van der Waals surface area contributed by atoms with Crippen molar-refractivity contribution in [2.75, 3.05) is 20.2 Å². The minimum absolute atomic E-state index is 0.686. The first kappa shape index (κ1) is 16.3. The molecular formula is C19H29NO. The van der Waals surface area contributed by atoms with Crippen LogP contribution in [-0.4, -0.2) is 20.2 Å². The molecule has 0 amide bonds. The van der Waals surface area contributed by atoms with Crippen LogP contribution in [0, 0.1) is 5.92 Å². The highest BCUT2D eigenvalue weighted by atomic mass is 16.5. The first-order chi connectivity index (χ1) is 10.3. The standard InChI is InChI=1S/C19H29NO/c1-3-20-14-19(16-9-5-4-6-10-16)13-17-11-7-8-12-18(17)15-21-2/h7-8,11-13,16,20H,3-6,9-10,14-15H2,1-2H3/b19-13-. The van der Waals surface area contributed by atoms with Crippen molar-refractivity contribution in [3.8, 4) is 0 Å². The zero-order valence-electron chi connectivity index (χ0n) is 13.5. The Hall–Kier alpha value is -1.12. The van der Waals surface area contributed by atoms with Gasteiger partial charge in [0.05, 0.1) is 6.61 Å². The minimum atomic E-state index is 0.686. The summed E-state index contributed by atoms with van der Waals surface area (Å²) >= 11 is 0. The number of rotatable bonds is 7. The summed E-state index contributed by atoms with van der Waals surface area (Å²) in [6, 6.07) is 8.59. The molecule has 1 aliphatic rings. The molecule has 1 fully saturated rings. The number of hydrogen-bond donors (Lipinski definition) is 1. The van der Waals surface area contributed by atoms with E-state index in [4.69, 9.17) is 4.74 Å². The van der Waals surface area contributed by atoms with Crippen molar-refractivity contribution in [2.24, 2.45) is 5.92 Å². The molecule has 1 aromatic rings. The Morgan fingerprint density at radius 1 is 1.24 bits per heavy atom. The van der Waals surface area contributed by atoms with Gasteiger partial charge in [0, 0.05) is 13.7 Å². The predicted octanol–water partition coefficient (Wildman–Crippen LogP) is 4.41. The van der Waals surface area contributed by atoms with E-state index in [1.807, 2.05) is 0 Å². The summed E-state index contributed by atoms with van der Waals surface area (Å²) < 4.78 is 5.33. The summed E-state index contributed by atoms with van der Waals surface area (Å²) in [6.45, 7) is 4.91. The third kappa shape index (κ3) is 4.98. The van der Waals surface area contributed by atoms with Crippen LogP contribution in [0.5, 0.6) is 0 Å². The molecule has 0 heterocycles. The van der Waals surface area contributed by atoms with Gasteiger partial charge in [-0.3, -0.25) is 0 Å². The number of hydrogen-bond acceptors (Lipinski definition) is 2. The fourth-order valence-electron chi connectivity index (χ4n) is 3.22. The van der Waals surface area contributed by atoms with Crippen LogP contribution in [0.4, 0.5) is 0 Å². The van der Waals surface area contributed by atoms with E-state index in [0.717, 1.165) is 19.0 Å². The predicted molar refractivity (Wildman–Crippen MR) is 90.3 cm³/mol. The van der Waals surface area contributed by atoms with Crippen molar-refractivity contribution in [3.05, 3.63) is 41.0 Å². The number of methoxy groups -OCH3 is 1. The van der Waals surface area contributed by atoms with E-state index in [0.29, 0.717) is 6.61 Å². The Morgan fingerprint density at radius 3 is 2.71 bits per heavy atom. The second-order valence-electron chi connectivity index (χ2n) is 5.97. The molecule has 2 nitrogen and oxygen atoms in total. The van der Waals surface area contributed by atoms with Gasteiger partial charge in [-0.05, 0) is 36.4 Å². The molecule has 1 aliphatic carbocycles. The van der Waals surface area contributed by atoms with Crippen LogP contribution in [0.3, 0.4) is 0 Å². The summed E-state index contributed by atoms with van der Waals surface area (Å²) in [5.74, 6) is 0.758. The van der Waals surface area contributed by atoms with Crippen molar-refractivity contribution < 1.29 is 4.74 Å². The molecule has 21 heavy (non-hydrogen) atoms. The minimum Gasteiger partial charge on any atom is -0.380 e. The smallest absolute Gasteiger partial charge is 0.0718 e. The molecule has 0 aliphatic heterocycles. The van der Waals surface area contributed by atoms with Crippen molar-refractivity contribution in [1.82, 2.24) is 5.32 Å². The summed E-state index contributed by atoms with van der Waals surface area (Å²) in [6.07, 6.45) is 9.29. The summed E-state index contributed by atoms with van der Waals surface area (Å²) in [4.78, 5) is 0. The number of nitrogens with one attached hydrogen (secondary N) is 1. The Balaban J connectivity index is 2.21. The maximum atomic E-state index is 5.33. The van der Waals surface area contributed by atoms with Gasteiger partial charge >= 0.3 is 0 Å². The number of likely N-dealkylation sites (N-methyl/N-ethyl adjacent to an activating group) is 1. The number of ether oxygens (including phenoxy) is 1. The Labute approximate surface area is 129 Å². The summed E-state index contributed by atoms with van der Waals surface area (Å²) in [5.41, 5.74) is 4.17. The van der Waals surface area contributed by atoms with E-state index in [1.54, 1.807) is 12.7 Å². The van der Waals surface area contributed by atoms with Gasteiger partial charge in [-0.1, -0.05) is 62.1 Å². The van der Waals surface area contributed by atoms with Crippen molar-refractivity contribution in [2.45, 2.75) is 45.6 Å². The van der Waals surface area contributed by atoms with Crippen LogP contribution in [0.25, 0.3) is 6.08 Å². The van der Waals surface area contributed by atoms with Crippen molar-refractivity contribution >= 4 is 6.08 Å². The Kier molecular flexibility index (Phi) is 6.98. The Morgan fingerprint density at radius 2 is 2.00 bits per heavy atom. The molecule has 0 radical (unpaired) electrons. The quantitative estimate of drug-likeness (QED) is 0.802. The van der Waals surface area contributed by atoms with Crippen LogP contribution in [0.15, 0.2) is 29.8 Å².